The van der Waals surface area contributed by atoms with Crippen molar-refractivity contribution in [3.05, 3.63) is 113 Å². The zero-order valence-corrected chi connectivity index (χ0v) is 25.0. The number of hydrogen-bond donors (Lipinski definition) is 1. The Morgan fingerprint density at radius 3 is 2.56 bits per heavy atom. The van der Waals surface area contributed by atoms with Crippen molar-refractivity contribution in [3.63, 3.8) is 0 Å². The molecule has 0 spiro atoms. The van der Waals surface area contributed by atoms with Crippen LogP contribution in [0.1, 0.15) is 71.9 Å². The molecule has 8 heteroatoms. The van der Waals surface area contributed by atoms with Crippen molar-refractivity contribution < 1.29 is 13.2 Å². The largest absolute Gasteiger partial charge is 0.334 e. The maximum atomic E-state index is 13.9. The number of fused-ring (bicyclic) bond motifs is 1. The Morgan fingerprint density at radius 2 is 1.85 bits per heavy atom. The highest BCUT2D eigenvalue weighted by Crippen LogP contribution is 2.35. The van der Waals surface area contributed by atoms with E-state index in [0.29, 0.717) is 19.4 Å². The van der Waals surface area contributed by atoms with Gasteiger partial charge in [0.2, 0.25) is 15.9 Å². The van der Waals surface area contributed by atoms with E-state index >= 15 is 0 Å². The van der Waals surface area contributed by atoms with Gasteiger partial charge in [0.15, 0.2) is 0 Å². The third-order valence-electron chi connectivity index (χ3n) is 8.14. The van der Waals surface area contributed by atoms with Crippen molar-refractivity contribution in [1.82, 2.24) is 14.3 Å². The summed E-state index contributed by atoms with van der Waals surface area (Å²) in [5.41, 5.74) is 5.74. The molecule has 0 radical (unpaired) electrons. The van der Waals surface area contributed by atoms with Crippen molar-refractivity contribution in [2.45, 2.75) is 69.9 Å². The van der Waals surface area contributed by atoms with Gasteiger partial charge in [-0.05, 0) is 85.5 Å². The Bertz CT molecular complexity index is 1650. The maximum absolute atomic E-state index is 13.9. The van der Waals surface area contributed by atoms with E-state index < -0.39 is 10.0 Å². The Labute approximate surface area is 243 Å². The van der Waals surface area contributed by atoms with Crippen LogP contribution in [0.5, 0.6) is 0 Å². The molecule has 5 rings (SSSR count). The van der Waals surface area contributed by atoms with Gasteiger partial charge in [-0.1, -0.05) is 55.5 Å². The average molecular weight is 571 g/mol. The van der Waals surface area contributed by atoms with Crippen molar-refractivity contribution in [3.8, 4) is 0 Å². The van der Waals surface area contributed by atoms with Gasteiger partial charge in [0.05, 0.1) is 23.3 Å². The lowest BCUT2D eigenvalue weighted by molar-refractivity contribution is -0.119. The summed E-state index contributed by atoms with van der Waals surface area (Å²) in [6.07, 6.45) is 4.62. The lowest BCUT2D eigenvalue weighted by Crippen LogP contribution is -2.33. The van der Waals surface area contributed by atoms with Gasteiger partial charge >= 0.3 is 0 Å². The SMILES string of the molecule is Cc1cccc(S(=O)(=O)N[C@@H]2CCCc3ccc(N(Cc4cnc(C)n4C)C(=O)C[C@H](C)c4ccccc4)cc32)c1. The van der Waals surface area contributed by atoms with Crippen molar-refractivity contribution >= 4 is 21.6 Å². The Balaban J connectivity index is 1.47. The lowest BCUT2D eigenvalue weighted by atomic mass is 9.87. The molecule has 2 atom stereocenters. The molecule has 1 aliphatic carbocycles. The Hall–Kier alpha value is -3.75. The van der Waals surface area contributed by atoms with Gasteiger partial charge in [-0.15, -0.1) is 0 Å². The minimum absolute atomic E-state index is 0.00728. The molecule has 0 unspecified atom stereocenters. The second kappa shape index (κ2) is 12.0. The number of carbonyl (C=O) groups excluding carboxylic acids is 1. The molecule has 7 nitrogen and oxygen atoms in total. The molecular weight excluding hydrogens is 532 g/mol. The molecule has 0 saturated heterocycles. The van der Waals surface area contributed by atoms with E-state index in [0.717, 1.165) is 52.3 Å². The van der Waals surface area contributed by atoms with Crippen LogP contribution < -0.4 is 9.62 Å². The fraction of sp³-hybridized carbons (Fsp3) is 0.333. The van der Waals surface area contributed by atoms with E-state index in [4.69, 9.17) is 0 Å². The van der Waals surface area contributed by atoms with E-state index in [2.05, 4.69) is 28.8 Å². The van der Waals surface area contributed by atoms with E-state index in [1.807, 2.05) is 79.0 Å². The molecule has 3 aromatic carbocycles. The second-order valence-electron chi connectivity index (χ2n) is 11.1. The zero-order chi connectivity index (χ0) is 29.1. The highest BCUT2D eigenvalue weighted by molar-refractivity contribution is 7.89. The first-order valence-corrected chi connectivity index (χ1v) is 15.6. The normalized spacial score (nSPS) is 15.8. The molecule has 1 aliphatic rings. The summed E-state index contributed by atoms with van der Waals surface area (Å²) in [5, 5.41) is 0. The number of aromatic nitrogens is 2. The number of nitrogens with one attached hydrogen (secondary N) is 1. The summed E-state index contributed by atoms with van der Waals surface area (Å²) in [4.78, 5) is 20.4. The van der Waals surface area contributed by atoms with E-state index in [9.17, 15) is 13.2 Å². The van der Waals surface area contributed by atoms with Crippen molar-refractivity contribution in [1.29, 1.82) is 0 Å². The van der Waals surface area contributed by atoms with E-state index in [1.54, 1.807) is 18.2 Å². The monoisotopic (exact) mass is 570 g/mol. The third-order valence-corrected chi connectivity index (χ3v) is 9.61. The van der Waals surface area contributed by atoms with Crippen LogP contribution in [-0.4, -0.2) is 23.9 Å². The standard InChI is InChI=1S/C33H38N4O3S/c1-23-10-8-14-30(18-23)41(39,40)35-32-15-9-13-27-16-17-28(20-31(27)32)37(22-29-21-34-25(3)36(29)4)33(38)19-24(2)26-11-6-5-7-12-26/h5-8,10-12,14,16-18,20-21,24,32,35H,9,13,15,19,22H2,1-4H3/t24-,32+/m0/s1. The smallest absolute Gasteiger partial charge is 0.241 e. The summed E-state index contributed by atoms with van der Waals surface area (Å²) in [6.45, 7) is 6.27. The van der Waals surface area contributed by atoms with Crippen LogP contribution >= 0.6 is 0 Å². The fourth-order valence-corrected chi connectivity index (χ4v) is 6.92. The number of benzene rings is 3. The van der Waals surface area contributed by atoms with E-state index in [-0.39, 0.29) is 22.8 Å². The maximum Gasteiger partial charge on any atom is 0.241 e. The molecule has 1 aromatic heterocycles. The van der Waals surface area contributed by atoms with Gasteiger partial charge in [0.1, 0.15) is 5.82 Å². The minimum Gasteiger partial charge on any atom is -0.334 e. The molecule has 4 aromatic rings. The van der Waals surface area contributed by atoms with Crippen molar-refractivity contribution in [2.75, 3.05) is 4.90 Å². The molecule has 1 amide bonds. The first-order chi connectivity index (χ1) is 19.6. The highest BCUT2D eigenvalue weighted by Gasteiger charge is 2.28. The van der Waals surface area contributed by atoms with Gasteiger partial charge in [-0.25, -0.2) is 18.1 Å². The summed E-state index contributed by atoms with van der Waals surface area (Å²) in [5.74, 6) is 0.931. The van der Waals surface area contributed by atoms with Gasteiger partial charge in [-0.3, -0.25) is 4.79 Å². The number of carbonyl (C=O) groups is 1. The molecule has 0 saturated carbocycles. The number of anilines is 1. The molecule has 1 heterocycles. The van der Waals surface area contributed by atoms with Gasteiger partial charge < -0.3 is 9.47 Å². The van der Waals surface area contributed by atoms with Crippen LogP contribution in [0.4, 0.5) is 5.69 Å². The second-order valence-corrected chi connectivity index (χ2v) is 12.8. The fourth-order valence-electron chi connectivity index (χ4n) is 5.57. The van der Waals surface area contributed by atoms with Crippen LogP contribution in [0, 0.1) is 13.8 Å². The van der Waals surface area contributed by atoms with Crippen molar-refractivity contribution in [2.24, 2.45) is 7.05 Å². The molecule has 0 aliphatic heterocycles. The lowest BCUT2D eigenvalue weighted by Gasteiger charge is -2.30. The predicted octanol–water partition coefficient (Wildman–Crippen LogP) is 6.12. The average Bonchev–Trinajstić information content (AvgIpc) is 3.28. The van der Waals surface area contributed by atoms with Gasteiger partial charge in [0, 0.05) is 25.2 Å². The quantitative estimate of drug-likeness (QED) is 0.263. The van der Waals surface area contributed by atoms with Crippen LogP contribution in [0.3, 0.4) is 0 Å². The topological polar surface area (TPSA) is 84.3 Å². The number of rotatable bonds is 9. The first-order valence-electron chi connectivity index (χ1n) is 14.2. The zero-order valence-electron chi connectivity index (χ0n) is 24.2. The van der Waals surface area contributed by atoms with Gasteiger partial charge in [0.25, 0.3) is 0 Å². The molecule has 1 N–H and O–H groups in total. The Kier molecular flexibility index (Phi) is 8.42. The number of nitrogens with zero attached hydrogens (tertiary/aromatic N) is 3. The minimum atomic E-state index is -3.71. The molecule has 214 valence electrons. The number of aryl methyl sites for hydroxylation is 3. The van der Waals surface area contributed by atoms with Gasteiger partial charge in [-0.2, -0.15) is 0 Å². The molecule has 0 bridgehead atoms. The summed E-state index contributed by atoms with van der Waals surface area (Å²) >= 11 is 0. The number of hydrogen-bond acceptors (Lipinski definition) is 4. The highest BCUT2D eigenvalue weighted by atomic mass is 32.2. The summed E-state index contributed by atoms with van der Waals surface area (Å²) < 4.78 is 31.6. The Morgan fingerprint density at radius 1 is 1.07 bits per heavy atom. The van der Waals surface area contributed by atoms with Crippen LogP contribution in [0.15, 0.2) is 83.9 Å². The molecular formula is C33H38N4O3S. The first kappa shape index (κ1) is 28.8. The number of sulfonamides is 1. The molecule has 41 heavy (non-hydrogen) atoms. The number of amides is 1. The van der Waals surface area contributed by atoms with Crippen LogP contribution in [0.2, 0.25) is 0 Å². The van der Waals surface area contributed by atoms with Crippen LogP contribution in [0.25, 0.3) is 0 Å². The molecule has 0 fully saturated rings. The van der Waals surface area contributed by atoms with E-state index in [1.165, 1.54) is 0 Å². The van der Waals surface area contributed by atoms with Crippen LogP contribution in [-0.2, 0) is 34.8 Å². The summed E-state index contributed by atoms with van der Waals surface area (Å²) in [6, 6.07) is 22.7. The summed E-state index contributed by atoms with van der Waals surface area (Å²) in [7, 11) is -1.76. The number of imidazole rings is 1. The third kappa shape index (κ3) is 6.44. The predicted molar refractivity (Wildman–Crippen MR) is 162 cm³/mol.